The van der Waals surface area contributed by atoms with Gasteiger partial charge in [-0.25, -0.2) is 0 Å². The number of allylic oxidation sites excluding steroid dienone is 4. The summed E-state index contributed by atoms with van der Waals surface area (Å²) in [5, 5.41) is 0. The summed E-state index contributed by atoms with van der Waals surface area (Å²) < 4.78 is 0. The largest absolute Gasteiger partial charge is 0.302 e. The smallest absolute Gasteiger partial charge is 0.137 e. The van der Waals surface area contributed by atoms with Crippen molar-refractivity contribution < 1.29 is 9.59 Å². The lowest BCUT2D eigenvalue weighted by Crippen LogP contribution is -2.22. The van der Waals surface area contributed by atoms with Crippen molar-refractivity contribution in [3.8, 4) is 0 Å². The van der Waals surface area contributed by atoms with E-state index >= 15 is 0 Å². The van der Waals surface area contributed by atoms with Gasteiger partial charge in [-0.15, -0.1) is 0 Å². The molecule has 0 radical (unpaired) electrons. The molecular formula is C14H12O2. The summed E-state index contributed by atoms with van der Waals surface area (Å²) in [6.07, 6.45) is 7.43. The van der Waals surface area contributed by atoms with Gasteiger partial charge in [-0.3, -0.25) is 0 Å². The van der Waals surface area contributed by atoms with Crippen LogP contribution in [0.5, 0.6) is 0 Å². The lowest BCUT2D eigenvalue weighted by molar-refractivity contribution is -0.123. The summed E-state index contributed by atoms with van der Waals surface area (Å²) in [5.41, 5.74) is 0.970. The van der Waals surface area contributed by atoms with Crippen molar-refractivity contribution in [2.45, 2.75) is 6.42 Å². The number of hydrogen-bond acceptors (Lipinski definition) is 2. The molecule has 0 fully saturated rings. The predicted octanol–water partition coefficient (Wildman–Crippen LogP) is 2.41. The topological polar surface area (TPSA) is 34.1 Å². The van der Waals surface area contributed by atoms with Gasteiger partial charge in [0.15, 0.2) is 0 Å². The summed E-state index contributed by atoms with van der Waals surface area (Å²) >= 11 is 0. The van der Waals surface area contributed by atoms with Crippen molar-refractivity contribution in [1.29, 1.82) is 0 Å². The number of carbonyl (C=O) groups is 2. The first-order valence-electron chi connectivity index (χ1n) is 5.17. The van der Waals surface area contributed by atoms with Crippen molar-refractivity contribution in [3.05, 3.63) is 54.1 Å². The second-order valence-corrected chi connectivity index (χ2v) is 3.92. The molecule has 1 aliphatic rings. The molecule has 0 N–H and O–H groups in total. The average molecular weight is 212 g/mol. The fourth-order valence-corrected chi connectivity index (χ4v) is 1.79. The molecule has 0 aromatic heterocycles. The molecule has 0 aliphatic heterocycles. The van der Waals surface area contributed by atoms with Crippen LogP contribution in [0.1, 0.15) is 12.0 Å². The maximum absolute atomic E-state index is 11.0. The molecule has 1 aromatic rings. The van der Waals surface area contributed by atoms with E-state index in [0.29, 0.717) is 19.0 Å². The summed E-state index contributed by atoms with van der Waals surface area (Å²) in [6, 6.07) is 9.72. The van der Waals surface area contributed by atoms with Gasteiger partial charge in [-0.2, -0.15) is 0 Å². The minimum absolute atomic E-state index is 0.455. The second-order valence-electron chi connectivity index (χ2n) is 3.92. The summed E-state index contributed by atoms with van der Waals surface area (Å²) in [4.78, 5) is 22.0. The van der Waals surface area contributed by atoms with E-state index in [-0.39, 0.29) is 0 Å². The van der Waals surface area contributed by atoms with Crippen LogP contribution in [0.2, 0.25) is 0 Å². The molecule has 2 rings (SSSR count). The number of hydrogen-bond donors (Lipinski definition) is 0. The van der Waals surface area contributed by atoms with Crippen LogP contribution < -0.4 is 0 Å². The third kappa shape index (κ3) is 1.87. The third-order valence-electron chi connectivity index (χ3n) is 2.74. The molecule has 16 heavy (non-hydrogen) atoms. The Bertz CT molecular complexity index is 447. The van der Waals surface area contributed by atoms with Crippen LogP contribution in [-0.2, 0) is 9.59 Å². The predicted molar refractivity (Wildman–Crippen MR) is 62.7 cm³/mol. The first-order chi connectivity index (χ1) is 7.79. The Morgan fingerprint density at radius 1 is 1.06 bits per heavy atom. The van der Waals surface area contributed by atoms with Gasteiger partial charge in [0.2, 0.25) is 0 Å². The highest BCUT2D eigenvalue weighted by molar-refractivity contribution is 5.92. The van der Waals surface area contributed by atoms with E-state index in [9.17, 15) is 9.59 Å². The molecule has 0 unspecified atom stereocenters. The molecule has 2 heteroatoms. The molecule has 0 spiro atoms. The summed E-state index contributed by atoms with van der Waals surface area (Å²) in [7, 11) is 0. The highest BCUT2D eigenvalue weighted by atomic mass is 16.1. The Balaban J connectivity index is 2.42. The van der Waals surface area contributed by atoms with Gasteiger partial charge in [-0.1, -0.05) is 48.6 Å². The van der Waals surface area contributed by atoms with E-state index in [1.54, 1.807) is 6.08 Å². The number of aldehydes is 2. The summed E-state index contributed by atoms with van der Waals surface area (Å²) in [6.45, 7) is 0. The van der Waals surface area contributed by atoms with E-state index in [1.165, 1.54) is 0 Å². The van der Waals surface area contributed by atoms with Gasteiger partial charge in [0.05, 0.1) is 0 Å². The van der Waals surface area contributed by atoms with E-state index < -0.39 is 5.41 Å². The van der Waals surface area contributed by atoms with Crippen molar-refractivity contribution in [3.63, 3.8) is 0 Å². The van der Waals surface area contributed by atoms with Gasteiger partial charge in [-0.05, 0) is 17.6 Å². The van der Waals surface area contributed by atoms with E-state index in [2.05, 4.69) is 0 Å². The van der Waals surface area contributed by atoms with Gasteiger partial charge in [0.1, 0.15) is 18.0 Å². The zero-order valence-electron chi connectivity index (χ0n) is 8.80. The average Bonchev–Trinajstić information content (AvgIpc) is 2.40. The van der Waals surface area contributed by atoms with Crippen LogP contribution in [0.4, 0.5) is 0 Å². The van der Waals surface area contributed by atoms with Gasteiger partial charge in [0, 0.05) is 0 Å². The molecule has 1 aromatic carbocycles. The Morgan fingerprint density at radius 2 is 1.75 bits per heavy atom. The van der Waals surface area contributed by atoms with E-state index in [4.69, 9.17) is 0 Å². The van der Waals surface area contributed by atoms with E-state index in [0.717, 1.165) is 11.1 Å². The van der Waals surface area contributed by atoms with Gasteiger partial charge >= 0.3 is 0 Å². The molecule has 0 heterocycles. The molecule has 0 atom stereocenters. The molecule has 2 nitrogen and oxygen atoms in total. The minimum Gasteiger partial charge on any atom is -0.302 e. The van der Waals surface area contributed by atoms with Crippen LogP contribution >= 0.6 is 0 Å². The standard InChI is InChI=1S/C14H12O2/c15-10-14(11-16)8-4-7-13(9-14)12-5-2-1-3-6-12/h1-7,9-11H,8H2. The lowest BCUT2D eigenvalue weighted by atomic mass is 9.81. The Kier molecular flexibility index (Phi) is 2.82. The molecule has 0 bridgehead atoms. The maximum Gasteiger partial charge on any atom is 0.137 e. The number of benzene rings is 1. The quantitative estimate of drug-likeness (QED) is 0.569. The van der Waals surface area contributed by atoms with Crippen molar-refractivity contribution in [2.75, 3.05) is 0 Å². The fraction of sp³-hybridized carbons (Fsp3) is 0.143. The first-order valence-corrected chi connectivity index (χ1v) is 5.17. The molecule has 0 amide bonds. The number of carbonyl (C=O) groups excluding carboxylic acids is 2. The Morgan fingerprint density at radius 3 is 2.38 bits per heavy atom. The van der Waals surface area contributed by atoms with Gasteiger partial charge in [0.25, 0.3) is 0 Å². The highest BCUT2D eigenvalue weighted by Crippen LogP contribution is 2.30. The molecular weight excluding hydrogens is 200 g/mol. The van der Waals surface area contributed by atoms with Crippen LogP contribution in [0.15, 0.2) is 48.6 Å². The Labute approximate surface area is 94.3 Å². The molecule has 80 valence electrons. The first kappa shape index (κ1) is 10.6. The highest BCUT2D eigenvalue weighted by Gasteiger charge is 2.28. The second kappa shape index (κ2) is 4.27. The third-order valence-corrected chi connectivity index (χ3v) is 2.74. The Hall–Kier alpha value is -1.96. The van der Waals surface area contributed by atoms with E-state index in [1.807, 2.05) is 42.5 Å². The van der Waals surface area contributed by atoms with Crippen molar-refractivity contribution >= 4 is 18.1 Å². The van der Waals surface area contributed by atoms with Crippen LogP contribution in [-0.4, -0.2) is 12.6 Å². The zero-order chi connectivity index (χ0) is 11.4. The lowest BCUT2D eigenvalue weighted by Gasteiger charge is -2.20. The fourth-order valence-electron chi connectivity index (χ4n) is 1.79. The normalized spacial score (nSPS) is 17.6. The van der Waals surface area contributed by atoms with Gasteiger partial charge < -0.3 is 9.59 Å². The van der Waals surface area contributed by atoms with Crippen molar-refractivity contribution in [1.82, 2.24) is 0 Å². The monoisotopic (exact) mass is 212 g/mol. The molecule has 0 saturated carbocycles. The van der Waals surface area contributed by atoms with Crippen LogP contribution in [0, 0.1) is 5.41 Å². The zero-order valence-corrected chi connectivity index (χ0v) is 8.80. The maximum atomic E-state index is 11.0. The summed E-state index contributed by atoms with van der Waals surface area (Å²) in [5.74, 6) is 0. The molecule has 0 saturated heterocycles. The SMILES string of the molecule is O=CC1(C=O)C=C(c2ccccc2)C=CC1. The van der Waals surface area contributed by atoms with Crippen LogP contribution in [0.25, 0.3) is 5.57 Å². The minimum atomic E-state index is -0.972. The van der Waals surface area contributed by atoms with Crippen LogP contribution in [0.3, 0.4) is 0 Å². The number of rotatable bonds is 3. The molecule has 1 aliphatic carbocycles. The van der Waals surface area contributed by atoms with Crippen molar-refractivity contribution in [2.24, 2.45) is 5.41 Å².